The molecule has 74 valence electrons. The first-order chi connectivity index (χ1) is 6.24. The molecule has 1 saturated heterocycles. The maximum Gasteiger partial charge on any atom is 0.244 e. The summed E-state index contributed by atoms with van der Waals surface area (Å²) in [6.07, 6.45) is 2.25. The highest BCUT2D eigenvalue weighted by Crippen LogP contribution is 2.07. The van der Waals surface area contributed by atoms with Crippen LogP contribution in [-0.4, -0.2) is 43.4 Å². The third-order valence-corrected chi connectivity index (χ3v) is 2.19. The van der Waals surface area contributed by atoms with E-state index in [0.29, 0.717) is 5.90 Å². The molecule has 0 aromatic rings. The van der Waals surface area contributed by atoms with Crippen molar-refractivity contribution in [3.8, 4) is 0 Å². The van der Waals surface area contributed by atoms with Crippen LogP contribution < -0.4 is 0 Å². The van der Waals surface area contributed by atoms with Crippen molar-refractivity contribution in [2.24, 2.45) is 4.99 Å². The number of aliphatic imine (C=N–C) groups is 1. The molecule has 0 saturated carbocycles. The van der Waals surface area contributed by atoms with Crippen molar-refractivity contribution in [1.82, 2.24) is 4.90 Å². The molecule has 0 radical (unpaired) electrons. The molecule has 13 heavy (non-hydrogen) atoms. The molecule has 0 aliphatic carbocycles. The van der Waals surface area contributed by atoms with Crippen molar-refractivity contribution in [1.29, 1.82) is 0 Å². The van der Waals surface area contributed by atoms with Crippen LogP contribution in [0, 0.1) is 0 Å². The molecule has 0 atom stereocenters. The van der Waals surface area contributed by atoms with Gasteiger partial charge in [0.05, 0.1) is 7.11 Å². The van der Waals surface area contributed by atoms with Crippen LogP contribution in [0.25, 0.3) is 0 Å². The number of rotatable bonds is 2. The average Bonchev–Trinajstić information content (AvgIpc) is 2.66. The highest BCUT2D eigenvalue weighted by atomic mass is 16.5. The van der Waals surface area contributed by atoms with E-state index in [1.54, 1.807) is 14.0 Å². The molecule has 1 amide bonds. The van der Waals surface area contributed by atoms with Crippen LogP contribution in [0.4, 0.5) is 0 Å². The fraction of sp³-hybridized carbons (Fsp3) is 0.778. The molecule has 1 aliphatic rings. The maximum absolute atomic E-state index is 11.4. The minimum Gasteiger partial charge on any atom is -0.484 e. The Morgan fingerprint density at radius 1 is 1.46 bits per heavy atom. The minimum atomic E-state index is 0.105. The van der Waals surface area contributed by atoms with Crippen LogP contribution in [0.1, 0.15) is 19.8 Å². The summed E-state index contributed by atoms with van der Waals surface area (Å²) in [4.78, 5) is 17.3. The molecular formula is C9H16N2O2. The Hall–Kier alpha value is -1.06. The number of hydrogen-bond acceptors (Lipinski definition) is 3. The molecule has 4 nitrogen and oxygen atoms in total. The smallest absolute Gasteiger partial charge is 0.244 e. The standard InChI is InChI=1S/C9H16N2O2/c1-8(13-2)10-7-9(12)11-5-3-4-6-11/h3-7H2,1-2H3. The molecule has 0 spiro atoms. The Morgan fingerprint density at radius 2 is 2.08 bits per heavy atom. The predicted molar refractivity (Wildman–Crippen MR) is 50.8 cm³/mol. The molecule has 0 aromatic heterocycles. The third kappa shape index (κ3) is 3.05. The van der Waals surface area contributed by atoms with Gasteiger partial charge in [-0.05, 0) is 12.8 Å². The van der Waals surface area contributed by atoms with Gasteiger partial charge in [-0.1, -0.05) is 0 Å². The lowest BCUT2D eigenvalue weighted by atomic mass is 10.4. The third-order valence-electron chi connectivity index (χ3n) is 2.19. The number of carbonyl (C=O) groups is 1. The average molecular weight is 184 g/mol. The largest absolute Gasteiger partial charge is 0.484 e. The van der Waals surface area contributed by atoms with Crippen molar-refractivity contribution in [3.63, 3.8) is 0 Å². The van der Waals surface area contributed by atoms with Crippen LogP contribution in [0.3, 0.4) is 0 Å². The lowest BCUT2D eigenvalue weighted by Crippen LogP contribution is -2.29. The molecule has 0 N–H and O–H groups in total. The van der Waals surface area contributed by atoms with E-state index in [1.807, 2.05) is 4.90 Å². The van der Waals surface area contributed by atoms with Crippen LogP contribution in [-0.2, 0) is 9.53 Å². The molecule has 1 heterocycles. The Kier molecular flexibility index (Phi) is 3.73. The molecule has 1 fully saturated rings. The van der Waals surface area contributed by atoms with E-state index in [0.717, 1.165) is 25.9 Å². The van der Waals surface area contributed by atoms with Crippen LogP contribution in [0.2, 0.25) is 0 Å². The predicted octanol–water partition coefficient (Wildman–Crippen LogP) is 0.674. The number of nitrogens with zero attached hydrogens (tertiary/aromatic N) is 2. The normalized spacial score (nSPS) is 17.7. The van der Waals surface area contributed by atoms with Crippen molar-refractivity contribution in [2.45, 2.75) is 19.8 Å². The second-order valence-corrected chi connectivity index (χ2v) is 3.13. The van der Waals surface area contributed by atoms with Gasteiger partial charge in [0.1, 0.15) is 6.54 Å². The summed E-state index contributed by atoms with van der Waals surface area (Å²) in [5, 5.41) is 0. The first kappa shape index (κ1) is 10.0. The molecule has 1 rings (SSSR count). The zero-order chi connectivity index (χ0) is 9.68. The van der Waals surface area contributed by atoms with E-state index in [9.17, 15) is 4.79 Å². The Morgan fingerprint density at radius 3 is 2.62 bits per heavy atom. The van der Waals surface area contributed by atoms with E-state index < -0.39 is 0 Å². The lowest BCUT2D eigenvalue weighted by Gasteiger charge is -2.13. The Labute approximate surface area is 78.6 Å². The Balaban J connectivity index is 2.32. The number of likely N-dealkylation sites (tertiary alicyclic amines) is 1. The van der Waals surface area contributed by atoms with Gasteiger partial charge >= 0.3 is 0 Å². The fourth-order valence-corrected chi connectivity index (χ4v) is 1.31. The van der Waals surface area contributed by atoms with Gasteiger partial charge in [0, 0.05) is 20.0 Å². The summed E-state index contributed by atoms with van der Waals surface area (Å²) >= 11 is 0. The lowest BCUT2D eigenvalue weighted by molar-refractivity contribution is -0.128. The second-order valence-electron chi connectivity index (χ2n) is 3.13. The molecule has 0 bridgehead atoms. The van der Waals surface area contributed by atoms with Crippen LogP contribution in [0.15, 0.2) is 4.99 Å². The van der Waals surface area contributed by atoms with E-state index >= 15 is 0 Å². The monoisotopic (exact) mass is 184 g/mol. The zero-order valence-electron chi connectivity index (χ0n) is 8.25. The summed E-state index contributed by atoms with van der Waals surface area (Å²) in [6.45, 7) is 3.75. The molecule has 0 aromatic carbocycles. The van der Waals surface area contributed by atoms with E-state index in [1.165, 1.54) is 0 Å². The number of ether oxygens (including phenoxy) is 1. The summed E-state index contributed by atoms with van der Waals surface area (Å²) in [5.74, 6) is 0.668. The fourth-order valence-electron chi connectivity index (χ4n) is 1.31. The van der Waals surface area contributed by atoms with Crippen molar-refractivity contribution in [3.05, 3.63) is 0 Å². The van der Waals surface area contributed by atoms with Crippen molar-refractivity contribution < 1.29 is 9.53 Å². The van der Waals surface area contributed by atoms with Gasteiger partial charge in [-0.15, -0.1) is 0 Å². The number of carbonyl (C=O) groups excluding carboxylic acids is 1. The maximum atomic E-state index is 11.4. The molecule has 1 aliphatic heterocycles. The van der Waals surface area contributed by atoms with Gasteiger partial charge in [0.15, 0.2) is 5.90 Å². The second kappa shape index (κ2) is 4.84. The van der Waals surface area contributed by atoms with E-state index in [2.05, 4.69) is 4.99 Å². The summed E-state index contributed by atoms with van der Waals surface area (Å²) < 4.78 is 4.84. The van der Waals surface area contributed by atoms with Gasteiger partial charge < -0.3 is 9.64 Å². The summed E-state index contributed by atoms with van der Waals surface area (Å²) in [6, 6.07) is 0. The highest BCUT2D eigenvalue weighted by Gasteiger charge is 2.16. The number of methoxy groups -OCH3 is 1. The zero-order valence-corrected chi connectivity index (χ0v) is 8.25. The highest BCUT2D eigenvalue weighted by molar-refractivity contribution is 5.82. The number of amides is 1. The van der Waals surface area contributed by atoms with E-state index in [4.69, 9.17) is 4.74 Å². The topological polar surface area (TPSA) is 41.9 Å². The first-order valence-corrected chi connectivity index (χ1v) is 4.57. The molecular weight excluding hydrogens is 168 g/mol. The van der Waals surface area contributed by atoms with Crippen LogP contribution in [0.5, 0.6) is 0 Å². The Bertz CT molecular complexity index is 208. The quantitative estimate of drug-likeness (QED) is 0.467. The first-order valence-electron chi connectivity index (χ1n) is 4.57. The van der Waals surface area contributed by atoms with Gasteiger partial charge in [0.25, 0.3) is 0 Å². The van der Waals surface area contributed by atoms with Crippen molar-refractivity contribution in [2.75, 3.05) is 26.7 Å². The van der Waals surface area contributed by atoms with Crippen LogP contribution >= 0.6 is 0 Å². The SMILES string of the molecule is COC(C)=NCC(=O)N1CCCC1. The minimum absolute atomic E-state index is 0.105. The van der Waals surface area contributed by atoms with Gasteiger partial charge in [0.2, 0.25) is 5.91 Å². The molecule has 4 heteroatoms. The van der Waals surface area contributed by atoms with Gasteiger partial charge in [-0.3, -0.25) is 4.79 Å². The number of hydrogen-bond donors (Lipinski definition) is 0. The van der Waals surface area contributed by atoms with Crippen molar-refractivity contribution >= 4 is 11.8 Å². The van der Waals surface area contributed by atoms with Gasteiger partial charge in [-0.25, -0.2) is 4.99 Å². The van der Waals surface area contributed by atoms with Gasteiger partial charge in [-0.2, -0.15) is 0 Å². The molecule has 0 unspecified atom stereocenters. The summed E-state index contributed by atoms with van der Waals surface area (Å²) in [7, 11) is 1.55. The summed E-state index contributed by atoms with van der Waals surface area (Å²) in [5.41, 5.74) is 0. The van der Waals surface area contributed by atoms with E-state index in [-0.39, 0.29) is 12.5 Å².